The highest BCUT2D eigenvalue weighted by Gasteiger charge is 2.32. The van der Waals surface area contributed by atoms with Crippen molar-refractivity contribution in [2.24, 2.45) is 0 Å². The zero-order chi connectivity index (χ0) is 17.8. The minimum absolute atomic E-state index is 0.0463. The second-order valence-corrected chi connectivity index (χ2v) is 7.27. The van der Waals surface area contributed by atoms with Crippen LogP contribution in [-0.2, 0) is 22.6 Å². The molecule has 2 N–H and O–H groups in total. The van der Waals surface area contributed by atoms with Crippen molar-refractivity contribution in [2.75, 3.05) is 11.9 Å². The maximum Gasteiger partial charge on any atom is 0.249 e. The first-order chi connectivity index (χ1) is 12.1. The molecule has 2 heterocycles. The lowest BCUT2D eigenvalue weighted by Crippen LogP contribution is -2.51. The van der Waals surface area contributed by atoms with Crippen LogP contribution >= 0.6 is 11.3 Å². The van der Waals surface area contributed by atoms with Crippen LogP contribution < -0.4 is 15.5 Å². The number of para-hydroxylation sites is 1. The van der Waals surface area contributed by atoms with Gasteiger partial charge in [-0.3, -0.25) is 9.59 Å². The monoisotopic (exact) mass is 357 g/mol. The molecule has 1 aromatic heterocycles. The zero-order valence-corrected chi connectivity index (χ0v) is 15.3. The highest BCUT2D eigenvalue weighted by Crippen LogP contribution is 2.29. The van der Waals surface area contributed by atoms with E-state index in [1.807, 2.05) is 40.6 Å². The summed E-state index contributed by atoms with van der Waals surface area (Å²) in [4.78, 5) is 28.4. The molecule has 0 saturated carbocycles. The molecule has 1 aliphatic heterocycles. The largest absolute Gasteiger partial charge is 0.343 e. The highest BCUT2D eigenvalue weighted by molar-refractivity contribution is 7.09. The van der Waals surface area contributed by atoms with Crippen molar-refractivity contribution in [3.05, 3.63) is 52.2 Å². The lowest BCUT2D eigenvalue weighted by Gasteiger charge is -2.26. The number of hydrogen-bond acceptors (Lipinski definition) is 4. The maximum atomic E-state index is 13.2. The Morgan fingerprint density at radius 3 is 2.84 bits per heavy atom. The molecule has 0 saturated heterocycles. The fourth-order valence-electron chi connectivity index (χ4n) is 3.00. The van der Waals surface area contributed by atoms with Gasteiger partial charge in [0.25, 0.3) is 0 Å². The van der Waals surface area contributed by atoms with Crippen molar-refractivity contribution in [1.29, 1.82) is 0 Å². The van der Waals surface area contributed by atoms with Crippen LogP contribution in [-0.4, -0.2) is 30.9 Å². The number of thiophene rings is 1. The summed E-state index contributed by atoms with van der Waals surface area (Å²) < 4.78 is 0. The molecule has 132 valence electrons. The third-order valence-corrected chi connectivity index (χ3v) is 5.45. The second kappa shape index (κ2) is 7.80. The van der Waals surface area contributed by atoms with Crippen molar-refractivity contribution in [1.82, 2.24) is 10.6 Å². The third-order valence-electron chi connectivity index (χ3n) is 4.59. The smallest absolute Gasteiger partial charge is 0.249 e. The fourth-order valence-corrected chi connectivity index (χ4v) is 3.69. The van der Waals surface area contributed by atoms with Crippen LogP contribution in [0.4, 0.5) is 5.69 Å². The number of amides is 2. The van der Waals surface area contributed by atoms with Gasteiger partial charge in [-0.25, -0.2) is 0 Å². The summed E-state index contributed by atoms with van der Waals surface area (Å²) in [5, 5.41) is 7.84. The Bertz CT molecular complexity index is 745. The molecule has 1 aliphatic rings. The number of anilines is 1. The van der Waals surface area contributed by atoms with Gasteiger partial charge in [0.05, 0.1) is 12.6 Å². The van der Waals surface area contributed by atoms with Gasteiger partial charge in [0.2, 0.25) is 11.8 Å². The number of aryl methyl sites for hydroxylation is 1. The van der Waals surface area contributed by atoms with Crippen LogP contribution in [0.15, 0.2) is 41.8 Å². The summed E-state index contributed by atoms with van der Waals surface area (Å²) >= 11 is 1.63. The first kappa shape index (κ1) is 17.6. The van der Waals surface area contributed by atoms with Crippen LogP contribution in [0, 0.1) is 0 Å². The van der Waals surface area contributed by atoms with E-state index >= 15 is 0 Å². The summed E-state index contributed by atoms with van der Waals surface area (Å²) in [5.74, 6) is -0.196. The molecule has 0 spiro atoms. The number of nitrogens with one attached hydrogen (secondary N) is 2. The molecule has 2 atom stereocenters. The van der Waals surface area contributed by atoms with Crippen molar-refractivity contribution < 1.29 is 9.59 Å². The average Bonchev–Trinajstić information content (AvgIpc) is 3.11. The lowest BCUT2D eigenvalue weighted by atomic mass is 10.1. The van der Waals surface area contributed by atoms with Crippen LogP contribution in [0.25, 0.3) is 0 Å². The van der Waals surface area contributed by atoms with Crippen LogP contribution in [0.5, 0.6) is 0 Å². The Hall–Kier alpha value is -2.18. The van der Waals surface area contributed by atoms with Gasteiger partial charge < -0.3 is 15.5 Å². The van der Waals surface area contributed by atoms with E-state index in [-0.39, 0.29) is 17.9 Å². The van der Waals surface area contributed by atoms with Crippen LogP contribution in [0.2, 0.25) is 0 Å². The summed E-state index contributed by atoms with van der Waals surface area (Å²) in [6.07, 6.45) is 1.38. The molecule has 6 heteroatoms. The van der Waals surface area contributed by atoms with Gasteiger partial charge in [-0.2, -0.15) is 0 Å². The fraction of sp³-hybridized carbons (Fsp3) is 0.368. The Kier molecular flexibility index (Phi) is 5.50. The summed E-state index contributed by atoms with van der Waals surface area (Å²) in [6, 6.07) is 11.2. The predicted molar refractivity (Wildman–Crippen MR) is 101 cm³/mol. The number of carbonyl (C=O) groups is 2. The molecule has 0 radical (unpaired) electrons. The van der Waals surface area contributed by atoms with Crippen LogP contribution in [0.3, 0.4) is 0 Å². The first-order valence-corrected chi connectivity index (χ1v) is 9.37. The average molecular weight is 357 g/mol. The SMILES string of the molecule is CNC(C)C(=O)N[C@H]1CCc2ccccc2N(Cc2cccs2)C1=O. The number of nitrogens with zero attached hydrogens (tertiary/aromatic N) is 1. The van der Waals surface area contributed by atoms with Gasteiger partial charge in [0, 0.05) is 10.6 Å². The van der Waals surface area contributed by atoms with E-state index in [4.69, 9.17) is 0 Å². The molecule has 0 aliphatic carbocycles. The standard InChI is InChI=1S/C19H23N3O2S/c1-13(20-2)18(23)21-16-10-9-14-6-3-4-8-17(14)22(19(16)24)12-15-7-5-11-25-15/h3-8,11,13,16,20H,9-10,12H2,1-2H3,(H,21,23)/t13?,16-/m0/s1. The van der Waals surface area contributed by atoms with Crippen molar-refractivity contribution >= 4 is 28.8 Å². The molecule has 25 heavy (non-hydrogen) atoms. The minimum Gasteiger partial charge on any atom is -0.343 e. The molecule has 5 nitrogen and oxygen atoms in total. The Labute approximate surface area is 152 Å². The van der Waals surface area contributed by atoms with Gasteiger partial charge in [-0.15, -0.1) is 11.3 Å². The minimum atomic E-state index is -0.504. The van der Waals surface area contributed by atoms with Gasteiger partial charge >= 0.3 is 0 Å². The molecule has 2 amide bonds. The number of fused-ring (bicyclic) bond motifs is 1. The third kappa shape index (κ3) is 3.91. The quantitative estimate of drug-likeness (QED) is 0.863. The molecule has 0 bridgehead atoms. The predicted octanol–water partition coefficient (Wildman–Crippen LogP) is 2.32. The first-order valence-electron chi connectivity index (χ1n) is 8.49. The van der Waals surface area contributed by atoms with E-state index in [9.17, 15) is 9.59 Å². The number of carbonyl (C=O) groups excluding carboxylic acids is 2. The van der Waals surface area contributed by atoms with E-state index in [0.29, 0.717) is 13.0 Å². The van der Waals surface area contributed by atoms with Crippen LogP contribution in [0.1, 0.15) is 23.8 Å². The van der Waals surface area contributed by atoms with E-state index in [1.165, 1.54) is 0 Å². The van der Waals surface area contributed by atoms with E-state index in [2.05, 4.69) is 16.7 Å². The molecule has 2 aromatic rings. The molecular formula is C19H23N3O2S. The van der Waals surface area contributed by atoms with E-state index < -0.39 is 6.04 Å². The second-order valence-electron chi connectivity index (χ2n) is 6.24. The van der Waals surface area contributed by atoms with Gasteiger partial charge in [-0.05, 0) is 49.9 Å². The van der Waals surface area contributed by atoms with Crippen molar-refractivity contribution in [2.45, 2.75) is 38.4 Å². The molecular weight excluding hydrogens is 334 g/mol. The normalized spacial score (nSPS) is 18.4. The highest BCUT2D eigenvalue weighted by atomic mass is 32.1. The molecule has 3 rings (SSSR count). The topological polar surface area (TPSA) is 61.4 Å². The maximum absolute atomic E-state index is 13.2. The molecule has 1 aromatic carbocycles. The Morgan fingerprint density at radius 1 is 1.32 bits per heavy atom. The van der Waals surface area contributed by atoms with Gasteiger partial charge in [0.1, 0.15) is 6.04 Å². The number of rotatable bonds is 5. The molecule has 1 unspecified atom stereocenters. The van der Waals surface area contributed by atoms with E-state index in [0.717, 1.165) is 22.5 Å². The Morgan fingerprint density at radius 2 is 2.12 bits per heavy atom. The number of likely N-dealkylation sites (N-methyl/N-ethyl adjacent to an activating group) is 1. The summed E-state index contributed by atoms with van der Waals surface area (Å²) in [7, 11) is 1.73. The summed E-state index contributed by atoms with van der Waals surface area (Å²) in [6.45, 7) is 2.32. The lowest BCUT2D eigenvalue weighted by molar-refractivity contribution is -0.128. The van der Waals surface area contributed by atoms with Gasteiger partial charge in [0.15, 0.2) is 0 Å². The summed E-state index contributed by atoms with van der Waals surface area (Å²) in [5.41, 5.74) is 2.09. The van der Waals surface area contributed by atoms with Crippen molar-refractivity contribution in [3.8, 4) is 0 Å². The van der Waals surface area contributed by atoms with Gasteiger partial charge in [-0.1, -0.05) is 24.3 Å². The zero-order valence-electron chi connectivity index (χ0n) is 14.5. The van der Waals surface area contributed by atoms with Crippen molar-refractivity contribution in [3.63, 3.8) is 0 Å². The number of hydrogen-bond donors (Lipinski definition) is 2. The number of benzene rings is 1. The molecule has 0 fully saturated rings. The van der Waals surface area contributed by atoms with E-state index in [1.54, 1.807) is 25.3 Å². The Balaban J connectivity index is 1.88.